The van der Waals surface area contributed by atoms with E-state index in [-0.39, 0.29) is 12.5 Å². The van der Waals surface area contributed by atoms with Crippen molar-refractivity contribution < 1.29 is 15.0 Å². The second kappa shape index (κ2) is 8.24. The average Bonchev–Trinajstić information content (AvgIpc) is 2.70. The molecule has 27 heavy (non-hydrogen) atoms. The molecule has 144 valence electrons. The Balaban J connectivity index is 1.79. The summed E-state index contributed by atoms with van der Waals surface area (Å²) in [5, 5.41) is 20.3. The molecule has 1 heterocycles. The van der Waals surface area contributed by atoms with E-state index >= 15 is 0 Å². The number of likely N-dealkylation sites (tertiary alicyclic amines) is 1. The largest absolute Gasteiger partial charge is 0.396 e. The number of aryl methyl sites for hydroxylation is 1. The molecule has 0 aromatic heterocycles. The van der Waals surface area contributed by atoms with Gasteiger partial charge in [0.2, 0.25) is 0 Å². The monoisotopic (exact) mass is 367 g/mol. The topological polar surface area (TPSA) is 60.8 Å². The Morgan fingerprint density at radius 3 is 2.52 bits per heavy atom. The maximum Gasteiger partial charge on any atom is 0.253 e. The van der Waals surface area contributed by atoms with E-state index < -0.39 is 11.5 Å². The van der Waals surface area contributed by atoms with Crippen LogP contribution in [0.25, 0.3) is 11.1 Å². The van der Waals surface area contributed by atoms with Gasteiger partial charge in [-0.25, -0.2) is 0 Å². The van der Waals surface area contributed by atoms with E-state index in [9.17, 15) is 15.0 Å². The molecule has 0 spiro atoms. The van der Waals surface area contributed by atoms with Crippen molar-refractivity contribution >= 4 is 5.91 Å². The third-order valence-electron chi connectivity index (χ3n) is 5.82. The molecule has 4 nitrogen and oxygen atoms in total. The summed E-state index contributed by atoms with van der Waals surface area (Å²) in [5.41, 5.74) is 3.50. The maximum absolute atomic E-state index is 13.0. The molecule has 1 aliphatic rings. The highest BCUT2D eigenvalue weighted by Crippen LogP contribution is 2.35. The van der Waals surface area contributed by atoms with Gasteiger partial charge >= 0.3 is 0 Å². The lowest BCUT2D eigenvalue weighted by atomic mass is 9.74. The Labute approximate surface area is 161 Å². The molecule has 2 N–H and O–H groups in total. The molecule has 1 amide bonds. The van der Waals surface area contributed by atoms with Crippen molar-refractivity contribution in [3.8, 4) is 11.1 Å². The van der Waals surface area contributed by atoms with Crippen molar-refractivity contribution in [1.82, 2.24) is 4.90 Å². The Bertz CT molecular complexity index is 786. The quantitative estimate of drug-likeness (QED) is 0.848. The fourth-order valence-corrected chi connectivity index (χ4v) is 4.17. The molecular formula is C23H29NO3. The molecule has 3 rings (SSSR count). The van der Waals surface area contributed by atoms with Gasteiger partial charge in [-0.2, -0.15) is 0 Å². The second-order valence-corrected chi connectivity index (χ2v) is 7.69. The van der Waals surface area contributed by atoms with Crippen molar-refractivity contribution in [2.75, 3.05) is 19.7 Å². The van der Waals surface area contributed by atoms with Crippen LogP contribution in [0.1, 0.15) is 42.1 Å². The minimum Gasteiger partial charge on any atom is -0.396 e. The molecule has 0 unspecified atom stereocenters. The Kier molecular flexibility index (Phi) is 5.98. The number of nitrogens with zero attached hydrogens (tertiary/aromatic N) is 1. The van der Waals surface area contributed by atoms with Gasteiger partial charge in [-0.3, -0.25) is 4.79 Å². The van der Waals surface area contributed by atoms with Crippen LogP contribution in [0.3, 0.4) is 0 Å². The number of carbonyl (C=O) groups is 1. The third-order valence-corrected chi connectivity index (χ3v) is 5.82. The highest BCUT2D eigenvalue weighted by molar-refractivity contribution is 5.95. The van der Waals surface area contributed by atoms with E-state index in [1.54, 1.807) is 4.90 Å². The lowest BCUT2D eigenvalue weighted by Crippen LogP contribution is -2.55. The molecule has 1 saturated heterocycles. The molecule has 0 saturated carbocycles. The maximum atomic E-state index is 13.0. The van der Waals surface area contributed by atoms with Crippen LogP contribution in [0.15, 0.2) is 48.5 Å². The molecule has 1 aliphatic heterocycles. The fraction of sp³-hybridized carbons (Fsp3) is 0.435. The molecule has 2 aromatic rings. The predicted molar refractivity (Wildman–Crippen MR) is 108 cm³/mol. The Hall–Kier alpha value is -2.17. The van der Waals surface area contributed by atoms with Crippen molar-refractivity contribution in [3.63, 3.8) is 0 Å². The van der Waals surface area contributed by atoms with Crippen molar-refractivity contribution in [1.29, 1.82) is 0 Å². The normalized spacial score (nSPS) is 22.7. The number of amides is 1. The lowest BCUT2D eigenvalue weighted by molar-refractivity contribution is -0.0720. The molecular weight excluding hydrogens is 338 g/mol. The van der Waals surface area contributed by atoms with Gasteiger partial charge in [0.05, 0.1) is 12.7 Å². The summed E-state index contributed by atoms with van der Waals surface area (Å²) in [7, 11) is 0. The van der Waals surface area contributed by atoms with E-state index in [1.165, 1.54) is 11.1 Å². The van der Waals surface area contributed by atoms with Crippen LogP contribution in [0.2, 0.25) is 0 Å². The number of piperidine rings is 1. The Morgan fingerprint density at radius 2 is 1.89 bits per heavy atom. The minimum absolute atomic E-state index is 0.0350. The van der Waals surface area contributed by atoms with Gasteiger partial charge in [-0.15, -0.1) is 0 Å². The summed E-state index contributed by atoms with van der Waals surface area (Å²) in [6, 6.07) is 15.9. The second-order valence-electron chi connectivity index (χ2n) is 7.69. The van der Waals surface area contributed by atoms with E-state index in [0.29, 0.717) is 31.5 Å². The highest BCUT2D eigenvalue weighted by Gasteiger charge is 2.43. The van der Waals surface area contributed by atoms with Crippen LogP contribution in [-0.2, 0) is 0 Å². The summed E-state index contributed by atoms with van der Waals surface area (Å²) < 4.78 is 0. The molecule has 2 atom stereocenters. The van der Waals surface area contributed by atoms with E-state index in [0.717, 1.165) is 12.0 Å². The van der Waals surface area contributed by atoms with Crippen LogP contribution in [0.5, 0.6) is 0 Å². The fourth-order valence-electron chi connectivity index (χ4n) is 4.17. The van der Waals surface area contributed by atoms with Crippen LogP contribution in [0.4, 0.5) is 0 Å². The molecule has 2 aromatic carbocycles. The number of aliphatic hydroxyl groups excluding tert-OH is 2. The zero-order chi connectivity index (χ0) is 19.4. The van der Waals surface area contributed by atoms with Gasteiger partial charge in [-0.1, -0.05) is 49.7 Å². The van der Waals surface area contributed by atoms with Crippen molar-refractivity contribution in [2.45, 2.75) is 39.2 Å². The first-order chi connectivity index (χ1) is 13.0. The number of hydrogen-bond donors (Lipinski definition) is 2. The summed E-state index contributed by atoms with van der Waals surface area (Å²) >= 11 is 0. The molecule has 0 radical (unpaired) electrons. The smallest absolute Gasteiger partial charge is 0.253 e. The molecule has 4 heteroatoms. The van der Waals surface area contributed by atoms with E-state index in [1.807, 2.05) is 43.3 Å². The average molecular weight is 367 g/mol. The summed E-state index contributed by atoms with van der Waals surface area (Å²) in [5.74, 6) is -0.0350. The number of hydrogen-bond acceptors (Lipinski definition) is 3. The van der Waals surface area contributed by atoms with Crippen molar-refractivity contribution in [3.05, 3.63) is 59.7 Å². The van der Waals surface area contributed by atoms with Crippen molar-refractivity contribution in [2.24, 2.45) is 5.41 Å². The van der Waals surface area contributed by atoms with Gasteiger partial charge in [0.15, 0.2) is 0 Å². The van der Waals surface area contributed by atoms with Gasteiger partial charge < -0.3 is 15.1 Å². The van der Waals surface area contributed by atoms with Gasteiger partial charge in [-0.05, 0) is 48.6 Å². The van der Waals surface area contributed by atoms with E-state index in [2.05, 4.69) is 19.1 Å². The number of carbonyl (C=O) groups excluding carboxylic acids is 1. The van der Waals surface area contributed by atoms with Gasteiger partial charge in [0.1, 0.15) is 0 Å². The standard InChI is InChI=1S/C23H29NO3/c1-3-13-23(16-25)15-24(14-12-21(23)26)22(27)19-10-8-18(9-11-19)20-7-5-4-6-17(20)2/h4-11,21,25-26H,3,12-16H2,1-2H3/t21-,23+/m1/s1. The zero-order valence-corrected chi connectivity index (χ0v) is 16.2. The number of rotatable bonds is 5. The number of aliphatic hydroxyl groups is 2. The zero-order valence-electron chi connectivity index (χ0n) is 16.2. The SMILES string of the molecule is CCC[C@@]1(CO)CN(C(=O)c2ccc(-c3ccccc3C)cc2)CC[C@H]1O. The molecule has 1 fully saturated rings. The first-order valence-electron chi connectivity index (χ1n) is 9.75. The first kappa shape index (κ1) is 19.6. The molecule has 0 bridgehead atoms. The lowest BCUT2D eigenvalue weighted by Gasteiger charge is -2.45. The van der Waals surface area contributed by atoms with Crippen LogP contribution in [0, 0.1) is 12.3 Å². The highest BCUT2D eigenvalue weighted by atomic mass is 16.3. The van der Waals surface area contributed by atoms with Gasteiger partial charge in [0, 0.05) is 24.1 Å². The third kappa shape index (κ3) is 3.92. The Morgan fingerprint density at radius 1 is 1.19 bits per heavy atom. The van der Waals surface area contributed by atoms with Gasteiger partial charge in [0.25, 0.3) is 5.91 Å². The van der Waals surface area contributed by atoms with Crippen LogP contribution >= 0.6 is 0 Å². The van der Waals surface area contributed by atoms with E-state index in [4.69, 9.17) is 0 Å². The molecule has 0 aliphatic carbocycles. The summed E-state index contributed by atoms with van der Waals surface area (Å²) in [6.07, 6.45) is 1.52. The summed E-state index contributed by atoms with van der Waals surface area (Å²) in [6.45, 7) is 4.94. The number of benzene rings is 2. The van der Waals surface area contributed by atoms with Crippen LogP contribution < -0.4 is 0 Å². The minimum atomic E-state index is -0.607. The summed E-state index contributed by atoms with van der Waals surface area (Å²) in [4.78, 5) is 14.8. The predicted octanol–water partition coefficient (Wildman–Crippen LogP) is 3.65. The van der Waals surface area contributed by atoms with Crippen LogP contribution in [-0.4, -0.2) is 46.8 Å². The first-order valence-corrected chi connectivity index (χ1v) is 9.75.